The highest BCUT2D eigenvalue weighted by Crippen LogP contribution is 2.23. The number of hydrogen-bond acceptors (Lipinski definition) is 0. The Bertz CT molecular complexity index is 394. The second kappa shape index (κ2) is 5.74. The molecule has 0 aromatic carbocycles. The van der Waals surface area contributed by atoms with Crippen molar-refractivity contribution in [2.75, 3.05) is 0 Å². The smallest absolute Gasteiger partial charge is 0.0218 e. The maximum absolute atomic E-state index is 3.72. The average Bonchev–Trinajstić information content (AvgIpc) is 2.47. The zero-order valence-corrected chi connectivity index (χ0v) is 11.0. The monoisotopic (exact) mass is 217 g/mol. The first-order valence-electron chi connectivity index (χ1n) is 6.07. The van der Waals surface area contributed by atoms with Gasteiger partial charge >= 0.3 is 0 Å². The molecule has 1 aromatic heterocycles. The Morgan fingerprint density at radius 3 is 2.56 bits per heavy atom. The van der Waals surface area contributed by atoms with E-state index in [2.05, 4.69) is 45.0 Å². The third-order valence-electron chi connectivity index (χ3n) is 3.30. The van der Waals surface area contributed by atoms with Crippen molar-refractivity contribution in [2.24, 2.45) is 7.05 Å². The zero-order valence-electron chi connectivity index (χ0n) is 11.0. The highest BCUT2D eigenvalue weighted by atomic mass is 15.0. The minimum atomic E-state index is 1.18. The van der Waals surface area contributed by atoms with Crippen LogP contribution in [-0.2, 0) is 13.5 Å². The molecule has 0 aliphatic heterocycles. The predicted octanol–water partition coefficient (Wildman–Crippen LogP) is 4.18. The Balaban J connectivity index is 3.11. The molecule has 0 amide bonds. The highest BCUT2D eigenvalue weighted by Gasteiger charge is 2.12. The summed E-state index contributed by atoms with van der Waals surface area (Å²) in [6.45, 7) is 10.4. The van der Waals surface area contributed by atoms with E-state index in [1.807, 2.05) is 12.2 Å². The van der Waals surface area contributed by atoms with Crippen LogP contribution in [0.1, 0.15) is 42.3 Å². The standard InChI is InChI=1S/C15H23N/c1-6-8-10-14-12(3)15(11-9-7-2)16(5)13(14)4/h6,8,10H,1,7,9,11H2,2-5H3/b10-8-. The molecule has 88 valence electrons. The van der Waals surface area contributed by atoms with Gasteiger partial charge in [-0.25, -0.2) is 0 Å². The first-order valence-corrected chi connectivity index (χ1v) is 6.07. The summed E-state index contributed by atoms with van der Waals surface area (Å²) in [5, 5.41) is 0. The van der Waals surface area contributed by atoms with E-state index >= 15 is 0 Å². The van der Waals surface area contributed by atoms with E-state index in [0.717, 1.165) is 0 Å². The van der Waals surface area contributed by atoms with E-state index in [4.69, 9.17) is 0 Å². The topological polar surface area (TPSA) is 4.93 Å². The summed E-state index contributed by atoms with van der Waals surface area (Å²) in [5.74, 6) is 0. The van der Waals surface area contributed by atoms with Crippen LogP contribution in [-0.4, -0.2) is 4.57 Å². The van der Waals surface area contributed by atoms with Crippen LogP contribution in [0, 0.1) is 13.8 Å². The Morgan fingerprint density at radius 1 is 1.31 bits per heavy atom. The third kappa shape index (κ3) is 2.46. The third-order valence-corrected chi connectivity index (χ3v) is 3.30. The van der Waals surface area contributed by atoms with Crippen molar-refractivity contribution in [3.05, 3.63) is 41.2 Å². The summed E-state index contributed by atoms with van der Waals surface area (Å²) in [7, 11) is 2.17. The van der Waals surface area contributed by atoms with Gasteiger partial charge < -0.3 is 4.57 Å². The first-order chi connectivity index (χ1) is 7.63. The van der Waals surface area contributed by atoms with Crippen LogP contribution in [0.15, 0.2) is 18.7 Å². The normalized spacial score (nSPS) is 11.2. The van der Waals surface area contributed by atoms with Gasteiger partial charge in [-0.15, -0.1) is 0 Å². The first kappa shape index (κ1) is 12.8. The number of rotatable bonds is 5. The van der Waals surface area contributed by atoms with Gasteiger partial charge in [0.25, 0.3) is 0 Å². The molecule has 0 aliphatic rings. The Hall–Kier alpha value is -1.24. The molecular formula is C15H23N. The average molecular weight is 217 g/mol. The number of hydrogen-bond donors (Lipinski definition) is 0. The fourth-order valence-corrected chi connectivity index (χ4v) is 2.17. The lowest BCUT2D eigenvalue weighted by atomic mass is 10.1. The van der Waals surface area contributed by atoms with Gasteiger partial charge in [0, 0.05) is 18.4 Å². The number of unbranched alkanes of at least 4 members (excludes halogenated alkanes) is 1. The molecule has 0 unspecified atom stereocenters. The molecule has 0 aliphatic carbocycles. The van der Waals surface area contributed by atoms with E-state index < -0.39 is 0 Å². The van der Waals surface area contributed by atoms with E-state index in [9.17, 15) is 0 Å². The van der Waals surface area contributed by atoms with Gasteiger partial charge in [0.1, 0.15) is 0 Å². The van der Waals surface area contributed by atoms with E-state index in [0.29, 0.717) is 0 Å². The number of aromatic nitrogens is 1. The van der Waals surface area contributed by atoms with Crippen LogP contribution in [0.25, 0.3) is 6.08 Å². The van der Waals surface area contributed by atoms with Gasteiger partial charge in [0.15, 0.2) is 0 Å². The van der Waals surface area contributed by atoms with Crippen LogP contribution in [0.2, 0.25) is 0 Å². The van der Waals surface area contributed by atoms with Crippen molar-refractivity contribution in [1.29, 1.82) is 0 Å². The van der Waals surface area contributed by atoms with Crippen LogP contribution >= 0.6 is 0 Å². The van der Waals surface area contributed by atoms with E-state index in [1.165, 1.54) is 41.8 Å². The maximum atomic E-state index is 3.72. The lowest BCUT2D eigenvalue weighted by molar-refractivity contribution is 0.719. The van der Waals surface area contributed by atoms with Gasteiger partial charge in [0.2, 0.25) is 0 Å². The van der Waals surface area contributed by atoms with Crippen LogP contribution < -0.4 is 0 Å². The summed E-state index contributed by atoms with van der Waals surface area (Å²) in [6, 6.07) is 0. The van der Waals surface area contributed by atoms with Crippen molar-refractivity contribution >= 4 is 6.08 Å². The van der Waals surface area contributed by atoms with Gasteiger partial charge in [-0.05, 0) is 37.8 Å². The van der Waals surface area contributed by atoms with E-state index in [-0.39, 0.29) is 0 Å². The molecule has 1 rings (SSSR count). The minimum Gasteiger partial charge on any atom is -0.351 e. The van der Waals surface area contributed by atoms with Gasteiger partial charge in [-0.1, -0.05) is 38.2 Å². The summed E-state index contributed by atoms with van der Waals surface area (Å²) in [4.78, 5) is 0. The van der Waals surface area contributed by atoms with Gasteiger partial charge in [-0.3, -0.25) is 0 Å². The zero-order chi connectivity index (χ0) is 12.1. The summed E-state index contributed by atoms with van der Waals surface area (Å²) in [6.07, 6.45) is 9.70. The summed E-state index contributed by atoms with van der Waals surface area (Å²) < 4.78 is 2.33. The van der Waals surface area contributed by atoms with Crippen LogP contribution in [0.3, 0.4) is 0 Å². The summed E-state index contributed by atoms with van der Waals surface area (Å²) >= 11 is 0. The molecule has 0 N–H and O–H groups in total. The van der Waals surface area contributed by atoms with Crippen LogP contribution in [0.5, 0.6) is 0 Å². The Labute approximate surface area is 99.5 Å². The van der Waals surface area contributed by atoms with E-state index in [1.54, 1.807) is 0 Å². The number of allylic oxidation sites excluding steroid dienone is 2. The molecule has 0 bridgehead atoms. The second-order valence-electron chi connectivity index (χ2n) is 4.33. The molecule has 1 aromatic rings. The van der Waals surface area contributed by atoms with Crippen LogP contribution in [0.4, 0.5) is 0 Å². The lowest BCUT2D eigenvalue weighted by Gasteiger charge is -2.05. The molecule has 0 fully saturated rings. The molecule has 16 heavy (non-hydrogen) atoms. The molecule has 1 nitrogen and oxygen atoms in total. The summed E-state index contributed by atoms with van der Waals surface area (Å²) in [5.41, 5.74) is 5.60. The fourth-order valence-electron chi connectivity index (χ4n) is 2.17. The Kier molecular flexibility index (Phi) is 4.60. The Morgan fingerprint density at radius 2 is 2.00 bits per heavy atom. The minimum absolute atomic E-state index is 1.18. The fraction of sp³-hybridized carbons (Fsp3) is 0.467. The molecule has 0 radical (unpaired) electrons. The van der Waals surface area contributed by atoms with Crippen molar-refractivity contribution in [2.45, 2.75) is 40.0 Å². The van der Waals surface area contributed by atoms with Gasteiger partial charge in [-0.2, -0.15) is 0 Å². The van der Waals surface area contributed by atoms with Crippen molar-refractivity contribution < 1.29 is 0 Å². The molecule has 0 saturated heterocycles. The molecule has 0 atom stereocenters. The molecule has 1 heteroatoms. The molecule has 1 heterocycles. The largest absolute Gasteiger partial charge is 0.351 e. The predicted molar refractivity (Wildman–Crippen MR) is 72.7 cm³/mol. The van der Waals surface area contributed by atoms with Crippen molar-refractivity contribution in [3.63, 3.8) is 0 Å². The quantitative estimate of drug-likeness (QED) is 0.652. The lowest BCUT2D eigenvalue weighted by Crippen LogP contribution is -1.99. The molecule has 0 saturated carbocycles. The second-order valence-corrected chi connectivity index (χ2v) is 4.33. The highest BCUT2D eigenvalue weighted by molar-refractivity contribution is 5.59. The van der Waals surface area contributed by atoms with Crippen molar-refractivity contribution in [3.8, 4) is 0 Å². The number of nitrogens with zero attached hydrogens (tertiary/aromatic N) is 1. The molecule has 0 spiro atoms. The van der Waals surface area contributed by atoms with Gasteiger partial charge in [0.05, 0.1) is 0 Å². The maximum Gasteiger partial charge on any atom is 0.0218 e. The SMILES string of the molecule is C=C/C=C\c1c(C)c(CCCC)n(C)c1C. The van der Waals surface area contributed by atoms with Crippen molar-refractivity contribution in [1.82, 2.24) is 4.57 Å². The molecular weight excluding hydrogens is 194 g/mol.